The molecule has 2 heterocycles. The second-order valence-electron chi connectivity index (χ2n) is 6.11. The number of rotatable bonds is 6. The summed E-state index contributed by atoms with van der Waals surface area (Å²) in [5.74, 6) is 0.300. The van der Waals surface area contributed by atoms with Crippen LogP contribution >= 0.6 is 0 Å². The standard InChI is InChI=1S/C15H26N2O3S/c1-5-11(2)10-21(18,19)15-16-12(3)13(4)17(15)9-14-7-6-8-20-14/h11,14H,5-10H2,1-4H3/t11-,14+/m1/s1. The van der Waals surface area contributed by atoms with Gasteiger partial charge in [0.2, 0.25) is 15.0 Å². The van der Waals surface area contributed by atoms with Crippen LogP contribution in [0.2, 0.25) is 0 Å². The van der Waals surface area contributed by atoms with Gasteiger partial charge in [-0.2, -0.15) is 0 Å². The number of sulfone groups is 1. The summed E-state index contributed by atoms with van der Waals surface area (Å²) in [6.07, 6.45) is 2.99. The molecule has 120 valence electrons. The zero-order valence-electron chi connectivity index (χ0n) is 13.4. The lowest BCUT2D eigenvalue weighted by Crippen LogP contribution is -2.23. The minimum absolute atomic E-state index is 0.106. The molecule has 0 amide bonds. The molecule has 1 aromatic rings. The van der Waals surface area contributed by atoms with E-state index >= 15 is 0 Å². The third-order valence-electron chi connectivity index (χ3n) is 4.31. The molecule has 6 heteroatoms. The lowest BCUT2D eigenvalue weighted by Gasteiger charge is -2.16. The molecule has 0 unspecified atom stereocenters. The van der Waals surface area contributed by atoms with Crippen molar-refractivity contribution >= 4 is 9.84 Å². The summed E-state index contributed by atoms with van der Waals surface area (Å²) < 4.78 is 32.8. The first kappa shape index (κ1) is 16.5. The lowest BCUT2D eigenvalue weighted by molar-refractivity contribution is 0.0943. The van der Waals surface area contributed by atoms with Gasteiger partial charge in [-0.3, -0.25) is 0 Å². The first-order valence-electron chi connectivity index (χ1n) is 7.73. The molecule has 1 saturated heterocycles. The first-order valence-corrected chi connectivity index (χ1v) is 9.38. The van der Waals surface area contributed by atoms with E-state index in [4.69, 9.17) is 4.74 Å². The molecule has 0 spiro atoms. The van der Waals surface area contributed by atoms with Crippen molar-refractivity contribution in [1.82, 2.24) is 9.55 Å². The van der Waals surface area contributed by atoms with E-state index in [9.17, 15) is 8.42 Å². The van der Waals surface area contributed by atoms with Crippen LogP contribution in [0, 0.1) is 19.8 Å². The Bertz CT molecular complexity index is 586. The molecule has 0 N–H and O–H groups in total. The maximum Gasteiger partial charge on any atom is 0.228 e. The fraction of sp³-hybridized carbons (Fsp3) is 0.800. The Morgan fingerprint density at radius 2 is 2.14 bits per heavy atom. The fourth-order valence-corrected chi connectivity index (χ4v) is 4.59. The minimum Gasteiger partial charge on any atom is -0.376 e. The largest absolute Gasteiger partial charge is 0.376 e. The lowest BCUT2D eigenvalue weighted by atomic mass is 10.2. The summed E-state index contributed by atoms with van der Waals surface area (Å²) in [6, 6.07) is 0. The summed E-state index contributed by atoms with van der Waals surface area (Å²) in [5, 5.41) is 0.216. The Balaban J connectivity index is 2.32. The van der Waals surface area contributed by atoms with Gasteiger partial charge in [-0.1, -0.05) is 20.3 Å². The number of hydrogen-bond acceptors (Lipinski definition) is 4. The van der Waals surface area contributed by atoms with Crippen LogP contribution < -0.4 is 0 Å². The highest BCUT2D eigenvalue weighted by Gasteiger charge is 2.28. The van der Waals surface area contributed by atoms with Gasteiger partial charge in [0.15, 0.2) is 0 Å². The summed E-state index contributed by atoms with van der Waals surface area (Å²) in [7, 11) is -3.35. The van der Waals surface area contributed by atoms with Crippen LogP contribution in [0.4, 0.5) is 0 Å². The Morgan fingerprint density at radius 1 is 1.43 bits per heavy atom. The predicted molar refractivity (Wildman–Crippen MR) is 82.2 cm³/mol. The van der Waals surface area contributed by atoms with Gasteiger partial charge >= 0.3 is 0 Å². The highest BCUT2D eigenvalue weighted by atomic mass is 32.2. The Labute approximate surface area is 127 Å². The second-order valence-corrected chi connectivity index (χ2v) is 8.03. The zero-order valence-corrected chi connectivity index (χ0v) is 14.2. The van der Waals surface area contributed by atoms with Gasteiger partial charge in [-0.25, -0.2) is 13.4 Å². The zero-order chi connectivity index (χ0) is 15.6. The van der Waals surface area contributed by atoms with Crippen molar-refractivity contribution in [3.63, 3.8) is 0 Å². The first-order chi connectivity index (χ1) is 9.85. The topological polar surface area (TPSA) is 61.2 Å². The minimum atomic E-state index is -3.35. The normalized spacial score (nSPS) is 20.9. The molecule has 1 aliphatic rings. The number of imidazole rings is 1. The maximum atomic E-state index is 12.6. The van der Waals surface area contributed by atoms with E-state index in [1.54, 1.807) is 0 Å². The number of nitrogens with zero attached hydrogens (tertiary/aromatic N) is 2. The molecule has 0 radical (unpaired) electrons. The average molecular weight is 314 g/mol. The van der Waals surface area contributed by atoms with E-state index in [1.165, 1.54) is 0 Å². The van der Waals surface area contributed by atoms with E-state index in [-0.39, 0.29) is 22.9 Å². The molecule has 0 aliphatic carbocycles. The van der Waals surface area contributed by atoms with Gasteiger partial charge in [0.1, 0.15) is 0 Å². The van der Waals surface area contributed by atoms with Crippen molar-refractivity contribution in [2.45, 2.75) is 64.8 Å². The van der Waals surface area contributed by atoms with E-state index in [0.717, 1.165) is 37.3 Å². The van der Waals surface area contributed by atoms with Gasteiger partial charge in [0.25, 0.3) is 0 Å². The average Bonchev–Trinajstić information content (AvgIpc) is 3.02. The number of ether oxygens (including phenoxy) is 1. The van der Waals surface area contributed by atoms with Crippen LogP contribution in [0.1, 0.15) is 44.5 Å². The van der Waals surface area contributed by atoms with Crippen molar-refractivity contribution < 1.29 is 13.2 Å². The van der Waals surface area contributed by atoms with Crippen LogP contribution in [0.3, 0.4) is 0 Å². The van der Waals surface area contributed by atoms with Crippen molar-refractivity contribution in [2.24, 2.45) is 5.92 Å². The van der Waals surface area contributed by atoms with Gasteiger partial charge in [0.05, 0.1) is 24.1 Å². The maximum absolute atomic E-state index is 12.6. The van der Waals surface area contributed by atoms with Crippen LogP contribution in [0.25, 0.3) is 0 Å². The van der Waals surface area contributed by atoms with Gasteiger partial charge < -0.3 is 9.30 Å². The Kier molecular flexibility index (Phi) is 5.09. The fourth-order valence-electron chi connectivity index (χ4n) is 2.63. The number of hydrogen-bond donors (Lipinski definition) is 0. The van der Waals surface area contributed by atoms with Crippen LogP contribution in [-0.2, 0) is 21.1 Å². The second kappa shape index (κ2) is 6.48. The van der Waals surface area contributed by atoms with E-state index in [2.05, 4.69) is 4.98 Å². The summed E-state index contributed by atoms with van der Waals surface area (Å²) in [4.78, 5) is 4.33. The molecule has 2 rings (SSSR count). The van der Waals surface area contributed by atoms with Crippen molar-refractivity contribution in [3.05, 3.63) is 11.4 Å². The molecule has 0 aromatic carbocycles. The molecule has 2 atom stereocenters. The van der Waals surface area contributed by atoms with Crippen LogP contribution in [0.5, 0.6) is 0 Å². The summed E-state index contributed by atoms with van der Waals surface area (Å²) in [5.41, 5.74) is 1.71. The van der Waals surface area contributed by atoms with Gasteiger partial charge in [-0.15, -0.1) is 0 Å². The summed E-state index contributed by atoms with van der Waals surface area (Å²) in [6.45, 7) is 9.12. The molecule has 0 saturated carbocycles. The monoisotopic (exact) mass is 314 g/mol. The SMILES string of the molecule is CC[C@@H](C)CS(=O)(=O)c1nc(C)c(C)n1C[C@@H]1CCCO1. The van der Waals surface area contributed by atoms with E-state index in [0.29, 0.717) is 6.54 Å². The Morgan fingerprint density at radius 3 is 2.71 bits per heavy atom. The number of aromatic nitrogens is 2. The third-order valence-corrected chi connectivity index (χ3v) is 6.19. The van der Waals surface area contributed by atoms with Crippen molar-refractivity contribution in [2.75, 3.05) is 12.4 Å². The molecule has 0 bridgehead atoms. The smallest absolute Gasteiger partial charge is 0.228 e. The number of aryl methyl sites for hydroxylation is 1. The Hall–Kier alpha value is -0.880. The highest BCUT2D eigenvalue weighted by molar-refractivity contribution is 7.91. The molecule has 21 heavy (non-hydrogen) atoms. The van der Waals surface area contributed by atoms with Crippen molar-refractivity contribution in [3.8, 4) is 0 Å². The molecular formula is C15H26N2O3S. The molecule has 1 aliphatic heterocycles. The third kappa shape index (κ3) is 3.66. The van der Waals surface area contributed by atoms with E-state index < -0.39 is 9.84 Å². The quantitative estimate of drug-likeness (QED) is 0.809. The van der Waals surface area contributed by atoms with Gasteiger partial charge in [-0.05, 0) is 32.6 Å². The van der Waals surface area contributed by atoms with E-state index in [1.807, 2.05) is 32.3 Å². The van der Waals surface area contributed by atoms with Gasteiger partial charge in [0, 0.05) is 12.3 Å². The summed E-state index contributed by atoms with van der Waals surface area (Å²) >= 11 is 0. The molecule has 5 nitrogen and oxygen atoms in total. The molecule has 1 fully saturated rings. The molecular weight excluding hydrogens is 288 g/mol. The highest BCUT2D eigenvalue weighted by Crippen LogP contribution is 2.22. The van der Waals surface area contributed by atoms with Crippen LogP contribution in [-0.4, -0.2) is 36.4 Å². The molecule has 1 aromatic heterocycles. The van der Waals surface area contributed by atoms with Crippen molar-refractivity contribution in [1.29, 1.82) is 0 Å². The predicted octanol–water partition coefficient (Wildman–Crippen LogP) is 2.50. The van der Waals surface area contributed by atoms with Crippen LogP contribution in [0.15, 0.2) is 5.16 Å².